The van der Waals surface area contributed by atoms with Crippen molar-refractivity contribution >= 4 is 34.4 Å². The van der Waals surface area contributed by atoms with Gasteiger partial charge in [-0.2, -0.15) is 0 Å². The number of nitrogens with two attached hydrogens (primary N) is 1. The molecule has 30 heavy (non-hydrogen) atoms. The van der Waals surface area contributed by atoms with Crippen molar-refractivity contribution in [2.75, 3.05) is 13.1 Å². The van der Waals surface area contributed by atoms with Crippen molar-refractivity contribution in [2.24, 2.45) is 5.73 Å². The van der Waals surface area contributed by atoms with E-state index in [0.29, 0.717) is 9.98 Å². The second kappa shape index (κ2) is 23.4. The zero-order chi connectivity index (χ0) is 22.3. The first kappa shape index (κ1) is 29.8. The van der Waals surface area contributed by atoms with Crippen LogP contribution in [0.2, 0.25) is 0 Å². The largest absolute Gasteiger partial charge is 0.388 e. The van der Waals surface area contributed by atoms with Crippen LogP contribution in [-0.4, -0.2) is 28.0 Å². The molecule has 0 saturated carbocycles. The number of thiocarbonyl (C=S) groups is 2. The molecule has 0 unspecified atom stereocenters. The predicted molar refractivity (Wildman–Crippen MR) is 145 cm³/mol. The zero-order valence-electron chi connectivity index (χ0n) is 20.4. The molecule has 0 amide bonds. The lowest BCUT2D eigenvalue weighted by molar-refractivity contribution is 0.392. The van der Waals surface area contributed by atoms with Crippen LogP contribution in [0.3, 0.4) is 0 Å². The molecule has 0 atom stereocenters. The maximum atomic E-state index is 5.83. The summed E-state index contributed by atoms with van der Waals surface area (Å²) in [6, 6.07) is 0. The third-order valence-electron chi connectivity index (χ3n) is 6.06. The van der Waals surface area contributed by atoms with Crippen LogP contribution in [0.4, 0.5) is 0 Å². The molecular weight excluding hydrogens is 404 g/mol. The Morgan fingerprint density at radius 2 is 0.767 bits per heavy atom. The number of rotatable bonds is 22. The summed E-state index contributed by atoms with van der Waals surface area (Å²) in [5.74, 6) is 0. The molecule has 2 N–H and O–H groups in total. The molecule has 0 heterocycles. The fraction of sp³-hybridized carbons (Fsp3) is 0.923. The van der Waals surface area contributed by atoms with Gasteiger partial charge in [0, 0.05) is 13.1 Å². The lowest BCUT2D eigenvalue weighted by atomic mass is 10.1. The molecular formula is C26H52N2S2. The Morgan fingerprint density at radius 3 is 1.03 bits per heavy atom. The van der Waals surface area contributed by atoms with Crippen molar-refractivity contribution in [1.29, 1.82) is 0 Å². The van der Waals surface area contributed by atoms with E-state index in [1.54, 1.807) is 0 Å². The maximum absolute atomic E-state index is 5.83. The molecule has 0 aliphatic heterocycles. The fourth-order valence-electron chi connectivity index (χ4n) is 4.05. The standard InChI is InChI=1S/C26H52N2S2/c1-3-5-7-9-11-13-15-17-19-21-23-28(26(30)25(27)29)24-22-20-18-16-14-12-10-8-6-4-2/h3-24H2,1-2H3,(H2,27,29). The molecule has 0 aliphatic rings. The van der Waals surface area contributed by atoms with E-state index in [-0.39, 0.29) is 0 Å². The van der Waals surface area contributed by atoms with Gasteiger partial charge in [-0.15, -0.1) is 0 Å². The minimum absolute atomic E-state index is 0.393. The molecule has 0 radical (unpaired) electrons. The average Bonchev–Trinajstić information content (AvgIpc) is 2.74. The highest BCUT2D eigenvalue weighted by Gasteiger charge is 2.11. The Balaban J connectivity index is 3.75. The zero-order valence-corrected chi connectivity index (χ0v) is 22.0. The van der Waals surface area contributed by atoms with Gasteiger partial charge in [-0.05, 0) is 12.8 Å². The number of unbranched alkanes of at least 4 members (excludes halogenated alkanes) is 18. The molecule has 0 saturated heterocycles. The Kier molecular flexibility index (Phi) is 23.3. The van der Waals surface area contributed by atoms with Crippen LogP contribution in [0.5, 0.6) is 0 Å². The minimum Gasteiger partial charge on any atom is -0.388 e. The van der Waals surface area contributed by atoms with Gasteiger partial charge in [0.1, 0.15) is 9.98 Å². The highest BCUT2D eigenvalue weighted by molar-refractivity contribution is 7.89. The van der Waals surface area contributed by atoms with E-state index in [2.05, 4.69) is 18.7 Å². The van der Waals surface area contributed by atoms with E-state index in [1.807, 2.05) is 0 Å². The van der Waals surface area contributed by atoms with Crippen LogP contribution >= 0.6 is 24.4 Å². The van der Waals surface area contributed by atoms with Gasteiger partial charge in [0.25, 0.3) is 0 Å². The summed E-state index contributed by atoms with van der Waals surface area (Å²) in [6.45, 7) is 6.60. The van der Waals surface area contributed by atoms with Crippen LogP contribution in [0.25, 0.3) is 0 Å². The molecule has 178 valence electrons. The second-order valence-corrected chi connectivity index (χ2v) is 9.85. The quantitative estimate of drug-likeness (QED) is 0.130. The Morgan fingerprint density at radius 1 is 0.500 bits per heavy atom. The van der Waals surface area contributed by atoms with E-state index in [0.717, 1.165) is 13.1 Å². The van der Waals surface area contributed by atoms with Crippen molar-refractivity contribution in [1.82, 2.24) is 4.90 Å². The monoisotopic (exact) mass is 456 g/mol. The highest BCUT2D eigenvalue weighted by Crippen LogP contribution is 2.13. The molecule has 0 rings (SSSR count). The van der Waals surface area contributed by atoms with Gasteiger partial charge in [-0.1, -0.05) is 154 Å². The Hall–Kier alpha value is -0.220. The molecule has 0 aliphatic carbocycles. The summed E-state index contributed by atoms with van der Waals surface area (Å²) >= 11 is 10.6. The van der Waals surface area contributed by atoms with Crippen LogP contribution in [0.15, 0.2) is 0 Å². The van der Waals surface area contributed by atoms with Gasteiger partial charge < -0.3 is 10.6 Å². The molecule has 0 aromatic carbocycles. The summed E-state index contributed by atoms with van der Waals surface area (Å²) in [5, 5.41) is 0. The molecule has 0 aromatic rings. The molecule has 0 fully saturated rings. The topological polar surface area (TPSA) is 29.3 Å². The number of hydrogen-bond acceptors (Lipinski definition) is 2. The highest BCUT2D eigenvalue weighted by atomic mass is 32.1. The fourth-order valence-corrected chi connectivity index (χ4v) is 4.36. The van der Waals surface area contributed by atoms with Crippen molar-refractivity contribution in [3.63, 3.8) is 0 Å². The Bertz CT molecular complexity index is 374. The molecule has 0 spiro atoms. The van der Waals surface area contributed by atoms with E-state index in [1.165, 1.54) is 128 Å². The third kappa shape index (κ3) is 19.7. The van der Waals surface area contributed by atoms with Crippen LogP contribution in [-0.2, 0) is 0 Å². The van der Waals surface area contributed by atoms with Crippen LogP contribution < -0.4 is 5.73 Å². The normalized spacial score (nSPS) is 11.0. The summed E-state index contributed by atoms with van der Waals surface area (Å²) in [5.41, 5.74) is 5.83. The van der Waals surface area contributed by atoms with Gasteiger partial charge in [0.05, 0.1) is 0 Å². The Labute approximate surface area is 200 Å². The van der Waals surface area contributed by atoms with Crippen molar-refractivity contribution in [3.05, 3.63) is 0 Å². The molecule has 2 nitrogen and oxygen atoms in total. The molecule has 0 aromatic heterocycles. The lowest BCUT2D eigenvalue weighted by Crippen LogP contribution is -2.39. The summed E-state index contributed by atoms with van der Waals surface area (Å²) in [7, 11) is 0. The average molecular weight is 457 g/mol. The first-order valence-electron chi connectivity index (χ1n) is 13.2. The van der Waals surface area contributed by atoms with Crippen LogP contribution in [0.1, 0.15) is 142 Å². The number of nitrogens with zero attached hydrogens (tertiary/aromatic N) is 1. The first-order chi connectivity index (χ1) is 14.6. The van der Waals surface area contributed by atoms with Gasteiger partial charge in [-0.3, -0.25) is 0 Å². The maximum Gasteiger partial charge on any atom is 0.136 e. The molecule has 4 heteroatoms. The van der Waals surface area contributed by atoms with Gasteiger partial charge >= 0.3 is 0 Å². The third-order valence-corrected chi connectivity index (χ3v) is 6.86. The lowest BCUT2D eigenvalue weighted by Gasteiger charge is -2.24. The van der Waals surface area contributed by atoms with E-state index in [9.17, 15) is 0 Å². The minimum atomic E-state index is 0.393. The SMILES string of the molecule is CCCCCCCCCCCCN(CCCCCCCCCCCC)C(=S)C(N)=S. The van der Waals surface area contributed by atoms with E-state index >= 15 is 0 Å². The summed E-state index contributed by atoms with van der Waals surface area (Å²) in [6.07, 6.45) is 27.2. The molecule has 0 bridgehead atoms. The van der Waals surface area contributed by atoms with Gasteiger partial charge in [0.2, 0.25) is 0 Å². The number of hydrogen-bond donors (Lipinski definition) is 1. The summed E-state index contributed by atoms with van der Waals surface area (Å²) < 4.78 is 0. The predicted octanol–water partition coefficient (Wildman–Crippen LogP) is 8.74. The first-order valence-corrected chi connectivity index (χ1v) is 14.0. The second-order valence-electron chi connectivity index (χ2n) is 9.02. The van der Waals surface area contributed by atoms with Gasteiger partial charge in [0.15, 0.2) is 0 Å². The smallest absolute Gasteiger partial charge is 0.136 e. The van der Waals surface area contributed by atoms with Crippen molar-refractivity contribution in [3.8, 4) is 0 Å². The van der Waals surface area contributed by atoms with Crippen molar-refractivity contribution in [2.45, 2.75) is 142 Å². The summed E-state index contributed by atoms with van der Waals surface area (Å²) in [4.78, 5) is 3.37. The van der Waals surface area contributed by atoms with Crippen LogP contribution in [0, 0.1) is 0 Å². The van der Waals surface area contributed by atoms with E-state index in [4.69, 9.17) is 30.2 Å². The van der Waals surface area contributed by atoms with Gasteiger partial charge in [-0.25, -0.2) is 0 Å². The van der Waals surface area contributed by atoms with E-state index < -0.39 is 0 Å². The van der Waals surface area contributed by atoms with Crippen molar-refractivity contribution < 1.29 is 0 Å².